The van der Waals surface area contributed by atoms with E-state index in [0.717, 1.165) is 20.8 Å². The van der Waals surface area contributed by atoms with E-state index >= 15 is 0 Å². The van der Waals surface area contributed by atoms with Gasteiger partial charge in [0.25, 0.3) is 0 Å². The van der Waals surface area contributed by atoms with Gasteiger partial charge in [-0.3, -0.25) is 0 Å². The fourth-order valence-electron chi connectivity index (χ4n) is 2.23. The molecule has 0 aliphatic rings. The molecule has 1 aromatic heterocycles. The zero-order valence-electron chi connectivity index (χ0n) is 12.3. The number of fused-ring (bicyclic) bond motifs is 1. The van der Waals surface area contributed by atoms with Crippen molar-refractivity contribution in [2.45, 2.75) is 0 Å². The van der Waals surface area contributed by atoms with Crippen LogP contribution >= 0.6 is 11.3 Å². The van der Waals surface area contributed by atoms with Gasteiger partial charge in [0.05, 0.1) is 31.5 Å². The van der Waals surface area contributed by atoms with Crippen LogP contribution in [0.1, 0.15) is 0 Å². The molecular weight excluding hydrogens is 305 g/mol. The van der Waals surface area contributed by atoms with Crippen molar-refractivity contribution in [2.24, 2.45) is 0 Å². The molecular formula is C16H14FNO3S. The largest absolute Gasteiger partial charge is 0.493 e. The molecule has 0 unspecified atom stereocenters. The maximum atomic E-state index is 13.3. The normalized spacial score (nSPS) is 10.7. The number of ether oxygens (including phenoxy) is 3. The molecule has 0 aliphatic heterocycles. The average molecular weight is 319 g/mol. The molecule has 6 heteroatoms. The van der Waals surface area contributed by atoms with E-state index in [9.17, 15) is 4.39 Å². The Morgan fingerprint density at radius 2 is 1.64 bits per heavy atom. The molecule has 4 nitrogen and oxygen atoms in total. The molecule has 0 saturated heterocycles. The Balaban J connectivity index is 2.17. The maximum absolute atomic E-state index is 13.3. The SMILES string of the molecule is COc1cc(-c2nc3ccc(F)cc3s2)cc(OC)c1OC. The van der Waals surface area contributed by atoms with Gasteiger partial charge >= 0.3 is 0 Å². The molecule has 0 radical (unpaired) electrons. The second-order valence-electron chi connectivity index (χ2n) is 4.55. The van der Waals surface area contributed by atoms with Crippen LogP contribution in [-0.2, 0) is 0 Å². The molecule has 22 heavy (non-hydrogen) atoms. The fraction of sp³-hybridized carbons (Fsp3) is 0.188. The molecule has 2 aromatic carbocycles. The van der Waals surface area contributed by atoms with Gasteiger partial charge in [0.1, 0.15) is 10.8 Å². The predicted molar refractivity (Wildman–Crippen MR) is 84.7 cm³/mol. The average Bonchev–Trinajstić information content (AvgIpc) is 2.96. The van der Waals surface area contributed by atoms with Crippen molar-refractivity contribution in [2.75, 3.05) is 21.3 Å². The summed E-state index contributed by atoms with van der Waals surface area (Å²) >= 11 is 1.41. The number of methoxy groups -OCH3 is 3. The van der Waals surface area contributed by atoms with Gasteiger partial charge in [0.2, 0.25) is 5.75 Å². The van der Waals surface area contributed by atoms with Crippen molar-refractivity contribution in [1.82, 2.24) is 4.98 Å². The van der Waals surface area contributed by atoms with E-state index in [1.165, 1.54) is 23.5 Å². The summed E-state index contributed by atoms with van der Waals surface area (Å²) in [4.78, 5) is 4.53. The molecule has 0 fully saturated rings. The van der Waals surface area contributed by atoms with Crippen LogP contribution in [0.4, 0.5) is 4.39 Å². The molecule has 1 heterocycles. The van der Waals surface area contributed by atoms with E-state index in [2.05, 4.69) is 4.98 Å². The molecule has 0 amide bonds. The standard InChI is InChI=1S/C16H14FNO3S/c1-19-12-6-9(7-13(20-2)15(12)21-3)16-18-11-5-4-10(17)8-14(11)22-16/h4-8H,1-3H3. The summed E-state index contributed by atoms with van der Waals surface area (Å²) in [6.07, 6.45) is 0. The second kappa shape index (κ2) is 5.81. The third-order valence-electron chi connectivity index (χ3n) is 3.26. The summed E-state index contributed by atoms with van der Waals surface area (Å²) in [7, 11) is 4.68. The molecule has 0 N–H and O–H groups in total. The molecule has 3 rings (SSSR count). The van der Waals surface area contributed by atoms with Crippen LogP contribution in [0.3, 0.4) is 0 Å². The number of hydrogen-bond donors (Lipinski definition) is 0. The number of nitrogens with zero attached hydrogens (tertiary/aromatic N) is 1. The Morgan fingerprint density at radius 1 is 0.955 bits per heavy atom. The van der Waals surface area contributed by atoms with Crippen molar-refractivity contribution in [3.8, 4) is 27.8 Å². The summed E-state index contributed by atoms with van der Waals surface area (Å²) in [5, 5.41) is 0.764. The van der Waals surface area contributed by atoms with Crippen LogP contribution in [0, 0.1) is 5.82 Å². The lowest BCUT2D eigenvalue weighted by molar-refractivity contribution is 0.324. The summed E-state index contributed by atoms with van der Waals surface area (Å²) in [5.41, 5.74) is 1.59. The Hall–Kier alpha value is -2.34. The van der Waals surface area contributed by atoms with Crippen LogP contribution in [0.5, 0.6) is 17.2 Å². The van der Waals surface area contributed by atoms with Crippen molar-refractivity contribution >= 4 is 21.6 Å². The summed E-state index contributed by atoms with van der Waals surface area (Å²) in [6, 6.07) is 8.21. The lowest BCUT2D eigenvalue weighted by atomic mass is 10.2. The Bertz CT molecular complexity index is 806. The molecule has 0 spiro atoms. The highest BCUT2D eigenvalue weighted by molar-refractivity contribution is 7.21. The first-order chi connectivity index (χ1) is 10.7. The highest BCUT2D eigenvalue weighted by Crippen LogP contribution is 2.42. The summed E-state index contributed by atoms with van der Waals surface area (Å²) in [5.74, 6) is 1.37. The highest BCUT2D eigenvalue weighted by atomic mass is 32.1. The van der Waals surface area contributed by atoms with E-state index < -0.39 is 0 Å². The van der Waals surface area contributed by atoms with Gasteiger partial charge in [-0.1, -0.05) is 0 Å². The zero-order valence-corrected chi connectivity index (χ0v) is 13.2. The molecule has 0 atom stereocenters. The van der Waals surface area contributed by atoms with Gasteiger partial charge in [-0.25, -0.2) is 9.37 Å². The maximum Gasteiger partial charge on any atom is 0.203 e. The monoisotopic (exact) mass is 319 g/mol. The van der Waals surface area contributed by atoms with Gasteiger partial charge in [-0.05, 0) is 30.3 Å². The number of halogens is 1. The van der Waals surface area contributed by atoms with Gasteiger partial charge in [-0.2, -0.15) is 0 Å². The number of rotatable bonds is 4. The third kappa shape index (κ3) is 2.46. The van der Waals surface area contributed by atoms with E-state index in [1.807, 2.05) is 12.1 Å². The number of hydrogen-bond acceptors (Lipinski definition) is 5. The molecule has 114 valence electrons. The number of thiazole rings is 1. The number of aromatic nitrogens is 1. The minimum absolute atomic E-state index is 0.271. The van der Waals surface area contributed by atoms with Crippen LogP contribution in [0.25, 0.3) is 20.8 Å². The van der Waals surface area contributed by atoms with Crippen molar-refractivity contribution in [3.05, 3.63) is 36.1 Å². The van der Waals surface area contributed by atoms with Gasteiger partial charge in [-0.15, -0.1) is 11.3 Å². The van der Waals surface area contributed by atoms with Crippen LogP contribution in [-0.4, -0.2) is 26.3 Å². The topological polar surface area (TPSA) is 40.6 Å². The van der Waals surface area contributed by atoms with E-state index in [0.29, 0.717) is 17.2 Å². The first-order valence-corrected chi connectivity index (χ1v) is 7.34. The lowest BCUT2D eigenvalue weighted by Gasteiger charge is -2.13. The lowest BCUT2D eigenvalue weighted by Crippen LogP contribution is -1.95. The van der Waals surface area contributed by atoms with Crippen molar-refractivity contribution in [1.29, 1.82) is 0 Å². The molecule has 0 aliphatic carbocycles. The summed E-state index contributed by atoms with van der Waals surface area (Å²) < 4.78 is 30.1. The first kappa shape index (κ1) is 14.6. The minimum atomic E-state index is -0.271. The van der Waals surface area contributed by atoms with Crippen molar-refractivity contribution in [3.63, 3.8) is 0 Å². The van der Waals surface area contributed by atoms with Crippen LogP contribution in [0.2, 0.25) is 0 Å². The third-order valence-corrected chi connectivity index (χ3v) is 4.33. The van der Waals surface area contributed by atoms with Gasteiger partial charge in [0, 0.05) is 5.56 Å². The highest BCUT2D eigenvalue weighted by Gasteiger charge is 2.16. The predicted octanol–water partition coefficient (Wildman–Crippen LogP) is 4.13. The Kier molecular flexibility index (Phi) is 3.85. The van der Waals surface area contributed by atoms with Gasteiger partial charge in [0.15, 0.2) is 11.5 Å². The van der Waals surface area contributed by atoms with E-state index in [1.54, 1.807) is 27.4 Å². The van der Waals surface area contributed by atoms with E-state index in [-0.39, 0.29) is 5.82 Å². The Labute approximate surface area is 131 Å². The molecule has 0 saturated carbocycles. The fourth-order valence-corrected chi connectivity index (χ4v) is 3.20. The van der Waals surface area contributed by atoms with Crippen LogP contribution < -0.4 is 14.2 Å². The first-order valence-electron chi connectivity index (χ1n) is 6.52. The minimum Gasteiger partial charge on any atom is -0.493 e. The van der Waals surface area contributed by atoms with E-state index in [4.69, 9.17) is 14.2 Å². The number of benzene rings is 2. The smallest absolute Gasteiger partial charge is 0.203 e. The van der Waals surface area contributed by atoms with Crippen LogP contribution in [0.15, 0.2) is 30.3 Å². The second-order valence-corrected chi connectivity index (χ2v) is 5.58. The van der Waals surface area contributed by atoms with Crippen molar-refractivity contribution < 1.29 is 18.6 Å². The summed E-state index contributed by atoms with van der Waals surface area (Å²) in [6.45, 7) is 0. The molecule has 0 bridgehead atoms. The van der Waals surface area contributed by atoms with Gasteiger partial charge < -0.3 is 14.2 Å². The quantitative estimate of drug-likeness (QED) is 0.725. The zero-order chi connectivity index (χ0) is 15.7. The Morgan fingerprint density at radius 3 is 2.23 bits per heavy atom. The molecule has 3 aromatic rings.